The Balaban J connectivity index is 1.60. The van der Waals surface area contributed by atoms with Crippen molar-refractivity contribution in [1.82, 2.24) is 0 Å². The van der Waals surface area contributed by atoms with E-state index in [0.717, 1.165) is 31.4 Å². The van der Waals surface area contributed by atoms with Crippen LogP contribution in [0.15, 0.2) is 5.16 Å². The monoisotopic (exact) mass is 345 g/mol. The van der Waals surface area contributed by atoms with E-state index in [4.69, 9.17) is 4.84 Å². The molecule has 0 amide bonds. The zero-order chi connectivity index (χ0) is 18.5. The molecule has 0 spiro atoms. The fourth-order valence-corrected chi connectivity index (χ4v) is 6.56. The van der Waals surface area contributed by atoms with Gasteiger partial charge < -0.3 is 4.84 Å². The van der Waals surface area contributed by atoms with E-state index in [1.54, 1.807) is 0 Å². The normalized spacial score (nSPS) is 47.7. The van der Waals surface area contributed by atoms with Crippen molar-refractivity contribution in [2.45, 2.75) is 80.1 Å². The zero-order valence-electron chi connectivity index (χ0n) is 16.5. The summed E-state index contributed by atoms with van der Waals surface area (Å²) in [6.45, 7) is 13.0. The van der Waals surface area contributed by atoms with Crippen molar-refractivity contribution in [2.75, 3.05) is 0 Å². The van der Waals surface area contributed by atoms with Gasteiger partial charge >= 0.3 is 5.97 Å². The van der Waals surface area contributed by atoms with Crippen molar-refractivity contribution in [3.63, 3.8) is 0 Å². The zero-order valence-corrected chi connectivity index (χ0v) is 16.5. The van der Waals surface area contributed by atoms with Gasteiger partial charge in [-0.15, -0.1) is 0 Å². The molecule has 0 N–H and O–H groups in total. The van der Waals surface area contributed by atoms with Crippen molar-refractivity contribution < 1.29 is 14.4 Å². The van der Waals surface area contributed by atoms with Gasteiger partial charge in [0.05, 0.1) is 11.1 Å². The van der Waals surface area contributed by atoms with E-state index in [0.29, 0.717) is 12.3 Å². The van der Waals surface area contributed by atoms with Gasteiger partial charge in [-0.2, -0.15) is 0 Å². The molecule has 4 aliphatic carbocycles. The first kappa shape index (κ1) is 17.2. The predicted molar refractivity (Wildman–Crippen MR) is 95.9 cm³/mol. The third-order valence-corrected chi connectivity index (χ3v) is 9.85. The number of fused-ring (bicyclic) bond motifs is 4. The summed E-state index contributed by atoms with van der Waals surface area (Å²) in [5.74, 6) is 0.553. The van der Waals surface area contributed by atoms with E-state index in [9.17, 15) is 9.59 Å². The molecule has 4 nitrogen and oxygen atoms in total. The molecule has 4 fully saturated rings. The first-order valence-electron chi connectivity index (χ1n) is 9.75. The van der Waals surface area contributed by atoms with Gasteiger partial charge in [0.25, 0.3) is 0 Å². The van der Waals surface area contributed by atoms with Gasteiger partial charge in [0.1, 0.15) is 5.78 Å². The van der Waals surface area contributed by atoms with Crippen LogP contribution in [-0.4, -0.2) is 17.5 Å². The first-order valence-corrected chi connectivity index (χ1v) is 9.75. The summed E-state index contributed by atoms with van der Waals surface area (Å²) in [7, 11) is 0. The summed E-state index contributed by atoms with van der Waals surface area (Å²) in [4.78, 5) is 31.2. The second kappa shape index (κ2) is 4.55. The molecule has 4 aliphatic rings. The Kier molecular flexibility index (Phi) is 3.14. The molecular weight excluding hydrogens is 314 g/mol. The fraction of sp³-hybridized carbons (Fsp3) is 0.857. The summed E-state index contributed by atoms with van der Waals surface area (Å²) >= 11 is 0. The lowest BCUT2D eigenvalue weighted by molar-refractivity contribution is -0.162. The first-order chi connectivity index (χ1) is 11.4. The Morgan fingerprint density at radius 1 is 1.04 bits per heavy atom. The number of Topliss-reactive ketones (excluding diaryl/α,β-unsaturated/α-hetero) is 1. The van der Waals surface area contributed by atoms with Crippen molar-refractivity contribution >= 4 is 17.5 Å². The average molecular weight is 345 g/mol. The van der Waals surface area contributed by atoms with Crippen LogP contribution in [0, 0.1) is 33.0 Å². The molecule has 4 bridgehead atoms. The summed E-state index contributed by atoms with van der Waals surface area (Å²) in [5, 5.41) is 4.40. The van der Waals surface area contributed by atoms with Crippen LogP contribution in [0.5, 0.6) is 0 Å². The summed E-state index contributed by atoms with van der Waals surface area (Å²) in [6, 6.07) is 0. The van der Waals surface area contributed by atoms with Crippen LogP contribution in [0.2, 0.25) is 0 Å². The maximum Gasteiger partial charge on any atom is 0.342 e. The Morgan fingerprint density at radius 2 is 1.72 bits per heavy atom. The van der Waals surface area contributed by atoms with Crippen molar-refractivity contribution in [2.24, 2.45) is 38.1 Å². The highest BCUT2D eigenvalue weighted by Crippen LogP contribution is 2.71. The Bertz CT molecular complexity index is 706. The third-order valence-electron chi connectivity index (χ3n) is 9.85. The molecule has 0 aliphatic heterocycles. The molecule has 138 valence electrons. The maximum atomic E-state index is 13.1. The Labute approximate surface area is 150 Å². The predicted octanol–water partition coefficient (Wildman–Crippen LogP) is 4.52. The van der Waals surface area contributed by atoms with Crippen LogP contribution in [0.3, 0.4) is 0 Å². The number of oxime groups is 1. The quantitative estimate of drug-likeness (QED) is 0.546. The lowest BCUT2D eigenvalue weighted by atomic mass is 9.65. The van der Waals surface area contributed by atoms with Crippen LogP contribution in [-0.2, 0) is 14.4 Å². The van der Waals surface area contributed by atoms with Crippen LogP contribution >= 0.6 is 0 Å². The number of rotatable bonds is 2. The molecule has 25 heavy (non-hydrogen) atoms. The smallest absolute Gasteiger partial charge is 0.318 e. The second-order valence-corrected chi connectivity index (χ2v) is 10.5. The SMILES string of the molecule is CC1(C)[C@@]2(C(=O)O/N=C3/C[C@H]4CC[C@@]3(C)C4(C)C)CC[C@]1(C)C(=O)C2. The highest BCUT2D eigenvalue weighted by molar-refractivity contribution is 5.98. The van der Waals surface area contributed by atoms with Crippen molar-refractivity contribution in [3.8, 4) is 0 Å². The molecule has 0 aromatic carbocycles. The van der Waals surface area contributed by atoms with Crippen LogP contribution in [0.25, 0.3) is 0 Å². The highest BCUT2D eigenvalue weighted by atomic mass is 16.7. The maximum absolute atomic E-state index is 13.1. The number of carbonyl (C=O) groups is 2. The van der Waals surface area contributed by atoms with Crippen LogP contribution < -0.4 is 0 Å². The Hall–Kier alpha value is -1.19. The molecular formula is C21H31NO3. The molecule has 0 unspecified atom stereocenters. The van der Waals surface area contributed by atoms with E-state index < -0.39 is 10.8 Å². The topological polar surface area (TPSA) is 55.7 Å². The summed E-state index contributed by atoms with van der Waals surface area (Å²) in [6.07, 6.45) is 5.11. The van der Waals surface area contributed by atoms with Gasteiger partial charge in [-0.25, -0.2) is 4.79 Å². The number of hydrogen-bond donors (Lipinski definition) is 0. The summed E-state index contributed by atoms with van der Waals surface area (Å²) < 4.78 is 0. The van der Waals surface area contributed by atoms with Gasteiger partial charge in [-0.1, -0.05) is 46.7 Å². The number of ketones is 1. The minimum absolute atomic E-state index is 0.0286. The van der Waals surface area contributed by atoms with Gasteiger partial charge in [0.15, 0.2) is 0 Å². The van der Waals surface area contributed by atoms with E-state index in [1.807, 2.05) is 6.92 Å². The molecule has 0 heterocycles. The molecule has 4 atom stereocenters. The lowest BCUT2D eigenvalue weighted by Crippen LogP contribution is -2.41. The van der Waals surface area contributed by atoms with Crippen molar-refractivity contribution in [3.05, 3.63) is 0 Å². The largest absolute Gasteiger partial charge is 0.342 e. The van der Waals surface area contributed by atoms with Crippen molar-refractivity contribution in [1.29, 1.82) is 0 Å². The minimum atomic E-state index is -0.697. The Morgan fingerprint density at radius 3 is 2.16 bits per heavy atom. The molecule has 4 heteroatoms. The minimum Gasteiger partial charge on any atom is -0.318 e. The number of carbonyl (C=O) groups excluding carboxylic acids is 2. The van der Waals surface area contributed by atoms with Gasteiger partial charge in [0, 0.05) is 17.3 Å². The lowest BCUT2D eigenvalue weighted by Gasteiger charge is -2.37. The molecule has 4 saturated carbocycles. The molecule has 4 rings (SSSR count). The third kappa shape index (κ3) is 1.67. The van der Waals surface area contributed by atoms with E-state index in [1.165, 1.54) is 6.42 Å². The number of hydrogen-bond acceptors (Lipinski definition) is 4. The summed E-state index contributed by atoms with van der Waals surface area (Å²) in [5.41, 5.74) is -0.185. The standard InChI is InChI=1S/C21H31NO3/c1-17(2)13-7-8-19(17,5)14(11-13)22-25-16(24)21-10-9-20(6,15(23)12-21)18(21,3)4/h13H,7-12H2,1-6H3/b22-14-/t13-,19-,20-,21+/m1/s1. The van der Waals surface area contributed by atoms with E-state index >= 15 is 0 Å². The van der Waals surface area contributed by atoms with Crippen LogP contribution in [0.1, 0.15) is 80.1 Å². The van der Waals surface area contributed by atoms with E-state index in [2.05, 4.69) is 39.8 Å². The second-order valence-electron chi connectivity index (χ2n) is 10.5. The highest BCUT2D eigenvalue weighted by Gasteiger charge is 2.73. The van der Waals surface area contributed by atoms with Crippen LogP contribution in [0.4, 0.5) is 0 Å². The molecule has 0 aromatic heterocycles. The average Bonchev–Trinajstić information content (AvgIpc) is 3.02. The van der Waals surface area contributed by atoms with Gasteiger partial charge in [-0.3, -0.25) is 4.79 Å². The number of nitrogens with zero attached hydrogens (tertiary/aromatic N) is 1. The molecule has 0 saturated heterocycles. The molecule has 0 radical (unpaired) electrons. The van der Waals surface area contributed by atoms with Gasteiger partial charge in [0.2, 0.25) is 0 Å². The molecule has 0 aromatic rings. The van der Waals surface area contributed by atoms with E-state index in [-0.39, 0.29) is 28.0 Å². The van der Waals surface area contributed by atoms with Gasteiger partial charge in [-0.05, 0) is 48.9 Å². The fourth-order valence-electron chi connectivity index (χ4n) is 6.56.